The lowest BCUT2D eigenvalue weighted by molar-refractivity contribution is 0.296. The van der Waals surface area contributed by atoms with Crippen LogP contribution in [0.3, 0.4) is 0 Å². The maximum atomic E-state index is 6.12. The number of nitrogens with zero attached hydrogens (tertiary/aromatic N) is 1. The number of benzene rings is 2. The zero-order valence-electron chi connectivity index (χ0n) is 15.1. The third kappa shape index (κ3) is 5.05. The minimum Gasteiger partial charge on any atom is -0.495 e. The summed E-state index contributed by atoms with van der Waals surface area (Å²) in [4.78, 5) is 4.42. The molecule has 0 saturated heterocycles. The van der Waals surface area contributed by atoms with Crippen molar-refractivity contribution >= 4 is 23.2 Å². The van der Waals surface area contributed by atoms with Crippen molar-refractivity contribution in [2.24, 2.45) is 16.6 Å². The molecule has 1 aliphatic rings. The van der Waals surface area contributed by atoms with E-state index in [0.29, 0.717) is 29.2 Å². The van der Waals surface area contributed by atoms with Gasteiger partial charge in [0, 0.05) is 11.3 Å². The highest BCUT2D eigenvalue weighted by molar-refractivity contribution is 6.32. The van der Waals surface area contributed by atoms with Crippen LogP contribution in [0.1, 0.15) is 24.0 Å². The molecule has 2 aromatic rings. The van der Waals surface area contributed by atoms with Gasteiger partial charge in [-0.15, -0.1) is 0 Å². The van der Waals surface area contributed by atoms with E-state index < -0.39 is 0 Å². The molecule has 0 aromatic heterocycles. The van der Waals surface area contributed by atoms with Gasteiger partial charge >= 0.3 is 0 Å². The third-order valence-electron chi connectivity index (χ3n) is 4.24. The van der Waals surface area contributed by atoms with Gasteiger partial charge in [0.2, 0.25) is 0 Å². The van der Waals surface area contributed by atoms with E-state index in [1.165, 1.54) is 18.4 Å². The number of rotatable bonds is 7. The fraction of sp³-hybridized carbons (Fsp3) is 0.350. The van der Waals surface area contributed by atoms with Crippen molar-refractivity contribution in [3.8, 4) is 11.5 Å². The second-order valence-electron chi connectivity index (χ2n) is 6.54. The molecule has 0 atom stereocenters. The Kier molecular flexibility index (Phi) is 5.89. The predicted molar refractivity (Wildman–Crippen MR) is 106 cm³/mol. The van der Waals surface area contributed by atoms with Gasteiger partial charge in [0.05, 0.1) is 25.3 Å². The Bertz CT molecular complexity index is 804. The summed E-state index contributed by atoms with van der Waals surface area (Å²) in [5, 5.41) is 3.56. The zero-order valence-corrected chi connectivity index (χ0v) is 15.8. The van der Waals surface area contributed by atoms with Crippen molar-refractivity contribution in [1.82, 2.24) is 0 Å². The van der Waals surface area contributed by atoms with Gasteiger partial charge < -0.3 is 20.5 Å². The average molecular weight is 374 g/mol. The Labute approximate surface area is 159 Å². The Morgan fingerprint density at radius 3 is 2.73 bits per heavy atom. The number of methoxy groups -OCH3 is 1. The van der Waals surface area contributed by atoms with Crippen molar-refractivity contribution in [1.29, 1.82) is 0 Å². The summed E-state index contributed by atoms with van der Waals surface area (Å²) in [6.07, 6.45) is 2.53. The van der Waals surface area contributed by atoms with Crippen LogP contribution < -0.4 is 20.5 Å². The first-order valence-electron chi connectivity index (χ1n) is 8.68. The number of aryl methyl sites for hydroxylation is 1. The number of hydrogen-bond acceptors (Lipinski definition) is 3. The van der Waals surface area contributed by atoms with Crippen LogP contribution in [-0.4, -0.2) is 19.7 Å². The van der Waals surface area contributed by atoms with Gasteiger partial charge in [0.25, 0.3) is 0 Å². The van der Waals surface area contributed by atoms with E-state index in [2.05, 4.69) is 29.4 Å². The number of aliphatic imine (C=N–C) groups is 1. The van der Waals surface area contributed by atoms with Crippen LogP contribution >= 0.6 is 11.6 Å². The second kappa shape index (κ2) is 8.32. The summed E-state index contributed by atoms with van der Waals surface area (Å²) in [7, 11) is 1.58. The first-order valence-corrected chi connectivity index (χ1v) is 9.05. The van der Waals surface area contributed by atoms with Gasteiger partial charge in [0.15, 0.2) is 5.96 Å². The Morgan fingerprint density at radius 2 is 2.04 bits per heavy atom. The normalized spacial score (nSPS) is 14.2. The quantitative estimate of drug-likeness (QED) is 0.558. The maximum absolute atomic E-state index is 6.12. The van der Waals surface area contributed by atoms with Crippen molar-refractivity contribution in [2.75, 3.05) is 19.0 Å². The van der Waals surface area contributed by atoms with Crippen molar-refractivity contribution in [3.05, 3.63) is 52.5 Å². The minimum atomic E-state index is 0.319. The van der Waals surface area contributed by atoms with Crippen LogP contribution in [0.5, 0.6) is 11.5 Å². The van der Waals surface area contributed by atoms with Gasteiger partial charge in [-0.1, -0.05) is 23.7 Å². The van der Waals surface area contributed by atoms with Gasteiger partial charge in [-0.25, -0.2) is 4.99 Å². The lowest BCUT2D eigenvalue weighted by atomic mass is 10.1. The van der Waals surface area contributed by atoms with Gasteiger partial charge in [-0.05, 0) is 55.5 Å². The SMILES string of the molecule is COc1ccc(NC(N)=NCc2ccc(C)cc2OCC2CC2)cc1Cl. The molecule has 0 amide bonds. The molecule has 5 nitrogen and oxygen atoms in total. The molecule has 3 N–H and O–H groups in total. The summed E-state index contributed by atoms with van der Waals surface area (Å²) in [5.74, 6) is 2.53. The molecule has 0 aliphatic heterocycles. The van der Waals surface area contributed by atoms with E-state index in [1.54, 1.807) is 19.2 Å². The van der Waals surface area contributed by atoms with E-state index in [9.17, 15) is 0 Å². The number of nitrogens with two attached hydrogens (primary N) is 1. The highest BCUT2D eigenvalue weighted by Gasteiger charge is 2.22. The highest BCUT2D eigenvalue weighted by Crippen LogP contribution is 2.31. The fourth-order valence-corrected chi connectivity index (χ4v) is 2.78. The van der Waals surface area contributed by atoms with Crippen molar-refractivity contribution in [2.45, 2.75) is 26.3 Å². The number of guanidine groups is 1. The van der Waals surface area contributed by atoms with E-state index in [4.69, 9.17) is 26.8 Å². The topological polar surface area (TPSA) is 68.9 Å². The van der Waals surface area contributed by atoms with Crippen LogP contribution in [0.25, 0.3) is 0 Å². The van der Waals surface area contributed by atoms with Gasteiger partial charge in [0.1, 0.15) is 11.5 Å². The van der Waals surface area contributed by atoms with Gasteiger partial charge in [-0.3, -0.25) is 0 Å². The average Bonchev–Trinajstić information content (AvgIpc) is 3.43. The lowest BCUT2D eigenvalue weighted by Crippen LogP contribution is -2.22. The fourth-order valence-electron chi connectivity index (χ4n) is 2.52. The highest BCUT2D eigenvalue weighted by atomic mass is 35.5. The number of ether oxygens (including phenoxy) is 2. The molecule has 2 aromatic carbocycles. The van der Waals surface area contributed by atoms with E-state index in [1.807, 2.05) is 12.1 Å². The standard InChI is InChI=1S/C20H24ClN3O2/c1-13-3-6-15(19(9-13)26-12-14-4-5-14)11-23-20(22)24-16-7-8-18(25-2)17(21)10-16/h3,6-10,14H,4-5,11-12H2,1-2H3,(H3,22,23,24). The van der Waals surface area contributed by atoms with Crippen LogP contribution in [0.2, 0.25) is 5.02 Å². The molecular weight excluding hydrogens is 350 g/mol. The smallest absolute Gasteiger partial charge is 0.193 e. The molecule has 6 heteroatoms. The van der Waals surface area contributed by atoms with E-state index >= 15 is 0 Å². The van der Waals surface area contributed by atoms with E-state index in [-0.39, 0.29) is 0 Å². The van der Waals surface area contributed by atoms with E-state index in [0.717, 1.165) is 23.6 Å². The molecule has 0 heterocycles. The molecule has 1 saturated carbocycles. The van der Waals surface area contributed by atoms with Crippen LogP contribution in [0.15, 0.2) is 41.4 Å². The van der Waals surface area contributed by atoms with Crippen LogP contribution in [0, 0.1) is 12.8 Å². The molecule has 0 bridgehead atoms. The summed E-state index contributed by atoms with van der Waals surface area (Å²) in [6, 6.07) is 11.5. The van der Waals surface area contributed by atoms with Gasteiger partial charge in [-0.2, -0.15) is 0 Å². The first kappa shape index (κ1) is 18.4. The Morgan fingerprint density at radius 1 is 1.23 bits per heavy atom. The molecule has 3 rings (SSSR count). The van der Waals surface area contributed by atoms with Crippen molar-refractivity contribution in [3.63, 3.8) is 0 Å². The van der Waals surface area contributed by atoms with Crippen LogP contribution in [0.4, 0.5) is 5.69 Å². The van der Waals surface area contributed by atoms with Crippen LogP contribution in [-0.2, 0) is 6.54 Å². The monoisotopic (exact) mass is 373 g/mol. The third-order valence-corrected chi connectivity index (χ3v) is 4.53. The lowest BCUT2D eigenvalue weighted by Gasteiger charge is -2.12. The molecule has 1 aliphatic carbocycles. The Hall–Kier alpha value is -2.40. The number of hydrogen-bond donors (Lipinski definition) is 2. The maximum Gasteiger partial charge on any atom is 0.193 e. The number of anilines is 1. The van der Waals surface area contributed by atoms with Crippen molar-refractivity contribution < 1.29 is 9.47 Å². The summed E-state index contributed by atoms with van der Waals surface area (Å²) < 4.78 is 11.1. The molecular formula is C20H24ClN3O2. The first-order chi connectivity index (χ1) is 12.5. The minimum absolute atomic E-state index is 0.319. The molecule has 0 spiro atoms. The zero-order chi connectivity index (χ0) is 18.5. The number of halogens is 1. The second-order valence-corrected chi connectivity index (χ2v) is 6.95. The molecule has 1 fully saturated rings. The largest absolute Gasteiger partial charge is 0.495 e. The summed E-state index contributed by atoms with van der Waals surface area (Å²) in [5.41, 5.74) is 8.96. The molecule has 138 valence electrons. The summed E-state index contributed by atoms with van der Waals surface area (Å²) in [6.45, 7) is 3.28. The Balaban J connectivity index is 1.65. The molecule has 0 unspecified atom stereocenters. The molecule has 0 radical (unpaired) electrons. The summed E-state index contributed by atoms with van der Waals surface area (Å²) >= 11 is 6.12. The predicted octanol–water partition coefficient (Wildman–Crippen LogP) is 4.37. The number of nitrogens with one attached hydrogen (secondary N) is 1. The molecule has 26 heavy (non-hydrogen) atoms.